The first kappa shape index (κ1) is 19.2. The lowest BCUT2D eigenvalue weighted by Gasteiger charge is -2.35. The Morgan fingerprint density at radius 2 is 1.71 bits per heavy atom. The van der Waals surface area contributed by atoms with Gasteiger partial charge in [0.1, 0.15) is 17.5 Å². The molecule has 1 saturated heterocycles. The van der Waals surface area contributed by atoms with Crippen molar-refractivity contribution in [1.82, 2.24) is 15.0 Å². The van der Waals surface area contributed by atoms with Gasteiger partial charge in [0, 0.05) is 64.3 Å². The normalized spacial score (nSPS) is 15.2. The molecule has 1 aromatic carbocycles. The number of nitrogens with one attached hydrogen (secondary N) is 1. The van der Waals surface area contributed by atoms with Crippen molar-refractivity contribution in [2.75, 3.05) is 67.1 Å². The second-order valence-electron chi connectivity index (χ2n) is 7.66. The largest absolute Gasteiger partial charge is 0.454 e. The molecule has 3 aromatic rings. The molecule has 1 N–H and O–H groups in total. The van der Waals surface area contributed by atoms with Gasteiger partial charge >= 0.3 is 0 Å². The average Bonchev–Trinajstić information content (AvgIpc) is 3.27. The molecule has 5 rings (SSSR count). The van der Waals surface area contributed by atoms with Gasteiger partial charge in [-0.1, -0.05) is 6.07 Å². The van der Waals surface area contributed by atoms with E-state index in [1.165, 1.54) is 0 Å². The SMILES string of the molecule is CN(C)c1cc(Nc2ccc3c(c2)OCO3)nc(N2CCN(c3ccccn3)CC2)n1. The number of nitrogens with zero attached hydrogens (tertiary/aromatic N) is 6. The van der Waals surface area contributed by atoms with Crippen LogP contribution in [0.15, 0.2) is 48.7 Å². The van der Waals surface area contributed by atoms with E-state index < -0.39 is 0 Å². The lowest BCUT2D eigenvalue weighted by Crippen LogP contribution is -2.47. The predicted molar refractivity (Wildman–Crippen MR) is 121 cm³/mol. The number of piperazine rings is 1. The van der Waals surface area contributed by atoms with E-state index in [1.54, 1.807) is 0 Å². The van der Waals surface area contributed by atoms with Crippen LogP contribution in [0.25, 0.3) is 0 Å². The fraction of sp³-hybridized carbons (Fsp3) is 0.318. The Morgan fingerprint density at radius 3 is 2.48 bits per heavy atom. The summed E-state index contributed by atoms with van der Waals surface area (Å²) in [5, 5.41) is 3.38. The van der Waals surface area contributed by atoms with E-state index in [0.29, 0.717) is 0 Å². The molecule has 1 fully saturated rings. The van der Waals surface area contributed by atoms with E-state index in [4.69, 9.17) is 19.4 Å². The van der Waals surface area contributed by atoms with Crippen LogP contribution in [0, 0.1) is 0 Å². The van der Waals surface area contributed by atoms with Crippen LogP contribution in [0.4, 0.5) is 29.1 Å². The molecule has 2 aliphatic rings. The van der Waals surface area contributed by atoms with Crippen LogP contribution in [-0.4, -0.2) is 62.0 Å². The fourth-order valence-electron chi connectivity index (χ4n) is 3.66. The summed E-state index contributed by atoms with van der Waals surface area (Å²) in [6.45, 7) is 3.66. The minimum Gasteiger partial charge on any atom is -0.454 e. The number of pyridine rings is 1. The summed E-state index contributed by atoms with van der Waals surface area (Å²) in [7, 11) is 3.96. The molecule has 2 aliphatic heterocycles. The second-order valence-corrected chi connectivity index (χ2v) is 7.66. The summed E-state index contributed by atoms with van der Waals surface area (Å²) in [6, 6.07) is 13.7. The third-order valence-corrected chi connectivity index (χ3v) is 5.34. The lowest BCUT2D eigenvalue weighted by molar-refractivity contribution is 0.174. The Morgan fingerprint density at radius 1 is 0.903 bits per heavy atom. The molecular formula is C22H25N7O2. The summed E-state index contributed by atoms with van der Waals surface area (Å²) < 4.78 is 10.9. The van der Waals surface area contributed by atoms with Crippen LogP contribution in [0.3, 0.4) is 0 Å². The molecule has 0 unspecified atom stereocenters. The molecule has 0 atom stereocenters. The fourth-order valence-corrected chi connectivity index (χ4v) is 3.66. The van der Waals surface area contributed by atoms with E-state index in [-0.39, 0.29) is 6.79 Å². The van der Waals surface area contributed by atoms with Gasteiger partial charge in [0.2, 0.25) is 12.7 Å². The zero-order valence-corrected chi connectivity index (χ0v) is 17.7. The van der Waals surface area contributed by atoms with Gasteiger partial charge < -0.3 is 29.5 Å². The number of anilines is 5. The average molecular weight is 419 g/mol. The quantitative estimate of drug-likeness (QED) is 0.671. The monoisotopic (exact) mass is 419 g/mol. The Bertz CT molecular complexity index is 1050. The van der Waals surface area contributed by atoms with Crippen LogP contribution in [0.5, 0.6) is 11.5 Å². The maximum atomic E-state index is 5.48. The zero-order valence-electron chi connectivity index (χ0n) is 17.7. The second kappa shape index (κ2) is 8.17. The minimum absolute atomic E-state index is 0.256. The highest BCUT2D eigenvalue weighted by molar-refractivity contribution is 5.65. The molecule has 2 aromatic heterocycles. The number of fused-ring (bicyclic) bond motifs is 1. The summed E-state index contributed by atoms with van der Waals surface area (Å²) in [6.07, 6.45) is 1.83. The van der Waals surface area contributed by atoms with Gasteiger partial charge in [-0.25, -0.2) is 4.98 Å². The summed E-state index contributed by atoms with van der Waals surface area (Å²) >= 11 is 0. The molecule has 0 aliphatic carbocycles. The molecule has 0 spiro atoms. The molecule has 0 bridgehead atoms. The van der Waals surface area contributed by atoms with Crippen molar-refractivity contribution in [3.63, 3.8) is 0 Å². The third-order valence-electron chi connectivity index (χ3n) is 5.34. The Labute approximate surface area is 181 Å². The van der Waals surface area contributed by atoms with Crippen molar-refractivity contribution < 1.29 is 9.47 Å². The molecule has 9 nitrogen and oxygen atoms in total. The molecule has 4 heterocycles. The molecule has 160 valence electrons. The van der Waals surface area contributed by atoms with Crippen molar-refractivity contribution in [2.45, 2.75) is 0 Å². The molecule has 0 amide bonds. The first-order valence-corrected chi connectivity index (χ1v) is 10.3. The van der Waals surface area contributed by atoms with Crippen molar-refractivity contribution in [2.24, 2.45) is 0 Å². The van der Waals surface area contributed by atoms with Crippen LogP contribution in [-0.2, 0) is 0 Å². The molecule has 9 heteroatoms. The minimum atomic E-state index is 0.256. The topological polar surface area (TPSA) is 78.9 Å². The summed E-state index contributed by atoms with van der Waals surface area (Å²) in [5.74, 6) is 4.80. The van der Waals surface area contributed by atoms with Gasteiger partial charge in [0.25, 0.3) is 0 Å². The van der Waals surface area contributed by atoms with Gasteiger partial charge in [0.15, 0.2) is 11.5 Å². The van der Waals surface area contributed by atoms with E-state index in [0.717, 1.165) is 66.8 Å². The number of benzene rings is 1. The van der Waals surface area contributed by atoms with Gasteiger partial charge in [-0.15, -0.1) is 0 Å². The van der Waals surface area contributed by atoms with E-state index in [2.05, 4.69) is 20.1 Å². The van der Waals surface area contributed by atoms with Gasteiger partial charge in [0.05, 0.1) is 0 Å². The zero-order chi connectivity index (χ0) is 21.2. The molecule has 0 radical (unpaired) electrons. The number of hydrogen-bond acceptors (Lipinski definition) is 9. The van der Waals surface area contributed by atoms with E-state index >= 15 is 0 Å². The number of hydrogen-bond donors (Lipinski definition) is 1. The van der Waals surface area contributed by atoms with Crippen LogP contribution in [0.1, 0.15) is 0 Å². The van der Waals surface area contributed by atoms with Crippen molar-refractivity contribution >= 4 is 29.1 Å². The number of ether oxygens (including phenoxy) is 2. The van der Waals surface area contributed by atoms with Crippen LogP contribution < -0.4 is 29.5 Å². The maximum Gasteiger partial charge on any atom is 0.231 e. The Balaban J connectivity index is 1.35. The van der Waals surface area contributed by atoms with Crippen molar-refractivity contribution in [1.29, 1.82) is 0 Å². The number of rotatable bonds is 5. The molecular weight excluding hydrogens is 394 g/mol. The van der Waals surface area contributed by atoms with Gasteiger partial charge in [-0.3, -0.25) is 0 Å². The Kier molecular flexibility index (Phi) is 5.07. The summed E-state index contributed by atoms with van der Waals surface area (Å²) in [5.41, 5.74) is 0.888. The first-order chi connectivity index (χ1) is 15.2. The predicted octanol–water partition coefficient (Wildman–Crippen LogP) is 2.74. The van der Waals surface area contributed by atoms with Crippen LogP contribution >= 0.6 is 0 Å². The standard InChI is InChI=1S/C22H25N7O2/c1-27(2)21-14-19(24-16-6-7-17-18(13-16)31-15-30-17)25-22(26-21)29-11-9-28(10-12-29)20-5-3-4-8-23-20/h3-8,13-14H,9-12,15H2,1-2H3,(H,24,25,26). The molecule has 31 heavy (non-hydrogen) atoms. The van der Waals surface area contributed by atoms with Gasteiger partial charge in [-0.2, -0.15) is 9.97 Å². The van der Waals surface area contributed by atoms with Crippen LogP contribution in [0.2, 0.25) is 0 Å². The highest BCUT2D eigenvalue weighted by atomic mass is 16.7. The number of aromatic nitrogens is 3. The maximum absolute atomic E-state index is 5.48. The smallest absolute Gasteiger partial charge is 0.231 e. The van der Waals surface area contributed by atoms with Crippen molar-refractivity contribution in [3.8, 4) is 11.5 Å². The third kappa shape index (κ3) is 4.11. The highest BCUT2D eigenvalue weighted by Gasteiger charge is 2.21. The van der Waals surface area contributed by atoms with Gasteiger partial charge in [-0.05, 0) is 24.3 Å². The van der Waals surface area contributed by atoms with E-state index in [1.807, 2.05) is 67.7 Å². The lowest BCUT2D eigenvalue weighted by atomic mass is 10.2. The first-order valence-electron chi connectivity index (χ1n) is 10.3. The van der Waals surface area contributed by atoms with E-state index in [9.17, 15) is 0 Å². The Hall–Kier alpha value is -3.75. The molecule has 0 saturated carbocycles. The summed E-state index contributed by atoms with van der Waals surface area (Å²) in [4.78, 5) is 20.5. The van der Waals surface area contributed by atoms with Crippen molar-refractivity contribution in [3.05, 3.63) is 48.7 Å². The highest BCUT2D eigenvalue weighted by Crippen LogP contribution is 2.35.